The van der Waals surface area contributed by atoms with Gasteiger partial charge < -0.3 is 19.8 Å². The number of aromatic nitrogens is 1. The molecule has 0 saturated heterocycles. The van der Waals surface area contributed by atoms with Gasteiger partial charge in [-0.3, -0.25) is 4.79 Å². The molecule has 0 fully saturated rings. The quantitative estimate of drug-likeness (QED) is 0.495. The zero-order chi connectivity index (χ0) is 21.7. The third kappa shape index (κ3) is 4.05. The second-order valence-electron chi connectivity index (χ2n) is 6.19. The van der Waals surface area contributed by atoms with Gasteiger partial charge in [-0.2, -0.15) is 5.26 Å². The highest BCUT2D eigenvalue weighted by Crippen LogP contribution is 2.25. The zero-order valence-electron chi connectivity index (χ0n) is 16.0. The van der Waals surface area contributed by atoms with Gasteiger partial charge in [0.05, 0.1) is 23.9 Å². The van der Waals surface area contributed by atoms with E-state index in [1.807, 2.05) is 6.07 Å². The number of anilines is 1. The maximum Gasteiger partial charge on any atom is 0.357 e. The molecule has 2 N–H and O–H groups in total. The molecule has 0 unspecified atom stereocenters. The fraction of sp³-hybridized carbons (Fsp3) is 0.0909. The maximum absolute atomic E-state index is 12.2. The van der Waals surface area contributed by atoms with Crippen molar-refractivity contribution in [2.24, 2.45) is 0 Å². The van der Waals surface area contributed by atoms with Crippen LogP contribution in [0, 0.1) is 11.3 Å². The summed E-state index contributed by atoms with van der Waals surface area (Å²) < 4.78 is 11.2. The first-order chi connectivity index (χ1) is 14.5. The van der Waals surface area contributed by atoms with Crippen molar-refractivity contribution in [3.05, 3.63) is 83.2 Å². The first-order valence-corrected chi connectivity index (χ1v) is 8.81. The minimum atomic E-state index is -0.697. The van der Waals surface area contributed by atoms with Crippen molar-refractivity contribution in [1.82, 2.24) is 4.57 Å². The van der Waals surface area contributed by atoms with Crippen LogP contribution in [0.5, 0.6) is 0 Å². The van der Waals surface area contributed by atoms with Crippen molar-refractivity contribution in [2.45, 2.75) is 0 Å². The molecule has 0 aliphatic rings. The van der Waals surface area contributed by atoms with Crippen molar-refractivity contribution >= 4 is 23.4 Å². The molecule has 0 saturated carbocycles. The summed E-state index contributed by atoms with van der Waals surface area (Å²) in [5.74, 6) is -1.67. The van der Waals surface area contributed by atoms with Gasteiger partial charge in [-0.05, 0) is 24.3 Å². The molecular formula is C22H17N3O5. The van der Waals surface area contributed by atoms with Gasteiger partial charge in [0.15, 0.2) is 18.1 Å². The van der Waals surface area contributed by atoms with Gasteiger partial charge in [0, 0.05) is 17.4 Å². The molecule has 2 aromatic carbocycles. The van der Waals surface area contributed by atoms with Crippen LogP contribution in [0.25, 0.3) is 5.69 Å². The summed E-state index contributed by atoms with van der Waals surface area (Å²) in [5.41, 5.74) is 7.18. The lowest BCUT2D eigenvalue weighted by molar-refractivity contribution is 0.0474. The number of hydrogen-bond acceptors (Lipinski definition) is 7. The maximum atomic E-state index is 12.2. The summed E-state index contributed by atoms with van der Waals surface area (Å²) in [7, 11) is 1.21. The second-order valence-corrected chi connectivity index (χ2v) is 6.19. The topological polar surface area (TPSA) is 124 Å². The average molecular weight is 403 g/mol. The molecule has 0 bridgehead atoms. The van der Waals surface area contributed by atoms with E-state index in [0.717, 1.165) is 0 Å². The molecule has 8 nitrogen and oxygen atoms in total. The summed E-state index contributed by atoms with van der Waals surface area (Å²) in [6, 6.07) is 16.5. The number of carbonyl (C=O) groups excluding carboxylic acids is 3. The van der Waals surface area contributed by atoms with E-state index >= 15 is 0 Å². The fourth-order valence-corrected chi connectivity index (χ4v) is 2.80. The van der Waals surface area contributed by atoms with E-state index in [4.69, 9.17) is 15.2 Å². The number of nitrogen functional groups attached to an aromatic ring is 1. The number of ketones is 1. The smallest absolute Gasteiger partial charge is 0.357 e. The highest BCUT2D eigenvalue weighted by atomic mass is 16.5. The van der Waals surface area contributed by atoms with E-state index in [9.17, 15) is 19.6 Å². The fourth-order valence-electron chi connectivity index (χ4n) is 2.80. The van der Waals surface area contributed by atoms with Gasteiger partial charge in [0.25, 0.3) is 0 Å². The highest BCUT2D eigenvalue weighted by molar-refractivity contribution is 5.99. The van der Waals surface area contributed by atoms with Crippen LogP contribution >= 0.6 is 0 Å². The number of nitrogens with two attached hydrogens (primary N) is 1. The van der Waals surface area contributed by atoms with E-state index in [1.54, 1.807) is 42.5 Å². The molecule has 0 aliphatic carbocycles. The largest absolute Gasteiger partial charge is 0.464 e. The van der Waals surface area contributed by atoms with E-state index in [1.165, 1.54) is 30.0 Å². The Morgan fingerprint density at radius 1 is 1.00 bits per heavy atom. The van der Waals surface area contributed by atoms with Crippen LogP contribution < -0.4 is 5.73 Å². The van der Waals surface area contributed by atoms with Crippen molar-refractivity contribution in [3.63, 3.8) is 0 Å². The van der Waals surface area contributed by atoms with E-state index in [0.29, 0.717) is 11.3 Å². The van der Waals surface area contributed by atoms with Crippen molar-refractivity contribution in [2.75, 3.05) is 19.5 Å². The molecule has 0 aliphatic heterocycles. The van der Waals surface area contributed by atoms with Crippen LogP contribution in [0.2, 0.25) is 0 Å². The Labute approximate surface area is 172 Å². The second kappa shape index (κ2) is 8.75. The molecule has 30 heavy (non-hydrogen) atoms. The molecule has 3 rings (SSSR count). The summed E-state index contributed by atoms with van der Waals surface area (Å²) in [6.45, 7) is -0.378. The predicted octanol–water partition coefficient (Wildman–Crippen LogP) is 2.76. The Hall–Kier alpha value is -4.38. The van der Waals surface area contributed by atoms with Crippen LogP contribution in [-0.4, -0.2) is 36.0 Å². The van der Waals surface area contributed by atoms with Crippen LogP contribution in [0.15, 0.2) is 60.8 Å². The van der Waals surface area contributed by atoms with E-state index in [2.05, 4.69) is 0 Å². The number of hydrogen-bond donors (Lipinski definition) is 1. The third-order valence-corrected chi connectivity index (χ3v) is 4.35. The van der Waals surface area contributed by atoms with Gasteiger partial charge in [0.2, 0.25) is 0 Å². The average Bonchev–Trinajstić information content (AvgIpc) is 3.13. The first kappa shape index (κ1) is 20.4. The number of benzene rings is 2. The van der Waals surface area contributed by atoms with Gasteiger partial charge in [-0.15, -0.1) is 0 Å². The van der Waals surface area contributed by atoms with Crippen molar-refractivity contribution < 1.29 is 23.9 Å². The van der Waals surface area contributed by atoms with Gasteiger partial charge >= 0.3 is 11.9 Å². The Morgan fingerprint density at radius 2 is 1.67 bits per heavy atom. The normalized spacial score (nSPS) is 10.1. The Kier molecular flexibility index (Phi) is 5.94. The van der Waals surface area contributed by atoms with Crippen molar-refractivity contribution in [1.29, 1.82) is 5.26 Å². The Bertz CT molecular complexity index is 1140. The van der Waals surface area contributed by atoms with Crippen LogP contribution in [0.3, 0.4) is 0 Å². The lowest BCUT2D eigenvalue weighted by Gasteiger charge is -2.09. The third-order valence-electron chi connectivity index (χ3n) is 4.35. The summed E-state index contributed by atoms with van der Waals surface area (Å²) in [5, 5.41) is 9.18. The number of nitriles is 1. The van der Waals surface area contributed by atoms with Gasteiger partial charge in [0.1, 0.15) is 6.07 Å². The van der Waals surface area contributed by atoms with Crippen LogP contribution in [0.4, 0.5) is 5.69 Å². The number of ether oxygens (including phenoxy) is 2. The molecule has 3 aromatic rings. The predicted molar refractivity (Wildman–Crippen MR) is 107 cm³/mol. The van der Waals surface area contributed by atoms with Gasteiger partial charge in [-0.1, -0.05) is 30.3 Å². The molecule has 1 heterocycles. The number of rotatable bonds is 6. The zero-order valence-corrected chi connectivity index (χ0v) is 16.0. The minimum Gasteiger partial charge on any atom is -0.464 e. The number of esters is 2. The summed E-state index contributed by atoms with van der Waals surface area (Å²) in [4.78, 5) is 36.3. The summed E-state index contributed by atoms with van der Waals surface area (Å²) >= 11 is 0. The van der Waals surface area contributed by atoms with E-state index in [-0.39, 0.29) is 34.9 Å². The monoisotopic (exact) mass is 403 g/mol. The minimum absolute atomic E-state index is 0.00672. The standard InChI is InChI=1S/C22H17N3O5/c1-29-22(28)20-19(24)16(11-23)12-25(20)17-9-7-15(8-10-17)21(27)30-13-18(26)14-5-3-2-4-6-14/h2-10,12H,13,24H2,1H3. The Balaban J connectivity index is 1.77. The molecule has 1 aromatic heterocycles. The molecular weight excluding hydrogens is 386 g/mol. The number of Topliss-reactive ketones (excluding diaryl/α,β-unsaturated/α-hetero) is 1. The van der Waals surface area contributed by atoms with E-state index < -0.39 is 11.9 Å². The lowest BCUT2D eigenvalue weighted by atomic mass is 10.1. The van der Waals surface area contributed by atoms with Crippen LogP contribution in [-0.2, 0) is 9.47 Å². The first-order valence-electron chi connectivity index (χ1n) is 8.81. The highest BCUT2D eigenvalue weighted by Gasteiger charge is 2.22. The van der Waals surface area contributed by atoms with Crippen molar-refractivity contribution in [3.8, 4) is 11.8 Å². The molecule has 150 valence electrons. The Morgan fingerprint density at radius 3 is 2.27 bits per heavy atom. The lowest BCUT2D eigenvalue weighted by Crippen LogP contribution is -2.14. The molecule has 0 amide bonds. The van der Waals surface area contributed by atoms with Gasteiger partial charge in [-0.25, -0.2) is 9.59 Å². The summed E-state index contributed by atoms with van der Waals surface area (Å²) in [6.07, 6.45) is 1.41. The van der Waals surface area contributed by atoms with Crippen LogP contribution in [0.1, 0.15) is 36.8 Å². The number of carbonyl (C=O) groups is 3. The SMILES string of the molecule is COC(=O)c1c(N)c(C#N)cn1-c1ccc(C(=O)OCC(=O)c2ccccc2)cc1. The number of methoxy groups -OCH3 is 1. The molecule has 0 atom stereocenters. The molecule has 8 heteroatoms. The number of nitrogens with zero attached hydrogens (tertiary/aromatic N) is 2. The molecule has 0 radical (unpaired) electrons. The molecule has 0 spiro atoms.